The summed E-state index contributed by atoms with van der Waals surface area (Å²) < 4.78 is 1.04. The van der Waals surface area contributed by atoms with Crippen LogP contribution in [-0.2, 0) is 4.79 Å². The topological polar surface area (TPSA) is 90.5 Å². The fourth-order valence-electron chi connectivity index (χ4n) is 2.68. The standard InChI is InChI=1S/C19H27N3O3S/c1-12(2)8-15(18(24)21-11-14(23)10-20-3)22-19(25)17-9-13-6-4-5-7-16(13)26-17/h4-7,9,12,14-15,20,23H,8,10-11H2,1-3H3,(H,21,24)(H,22,25)/t14-,15+/m1/s1. The number of fused-ring (bicyclic) bond motifs is 1. The first-order valence-electron chi connectivity index (χ1n) is 8.80. The Balaban J connectivity index is 2.03. The van der Waals surface area contributed by atoms with Crippen molar-refractivity contribution in [2.24, 2.45) is 5.92 Å². The summed E-state index contributed by atoms with van der Waals surface area (Å²) in [6.45, 7) is 4.54. The predicted molar refractivity (Wildman–Crippen MR) is 105 cm³/mol. The van der Waals surface area contributed by atoms with Crippen LogP contribution in [0, 0.1) is 5.92 Å². The Morgan fingerprint density at radius 1 is 1.19 bits per heavy atom. The maximum absolute atomic E-state index is 12.6. The zero-order chi connectivity index (χ0) is 19.1. The fraction of sp³-hybridized carbons (Fsp3) is 0.474. The minimum Gasteiger partial charge on any atom is -0.390 e. The Labute approximate surface area is 158 Å². The highest BCUT2D eigenvalue weighted by atomic mass is 32.1. The maximum atomic E-state index is 12.6. The highest BCUT2D eigenvalue weighted by Gasteiger charge is 2.23. The van der Waals surface area contributed by atoms with Crippen LogP contribution in [-0.4, -0.2) is 49.2 Å². The van der Waals surface area contributed by atoms with Crippen LogP contribution >= 0.6 is 11.3 Å². The van der Waals surface area contributed by atoms with Crippen molar-refractivity contribution < 1.29 is 14.7 Å². The van der Waals surface area contributed by atoms with Crippen molar-refractivity contribution >= 4 is 33.2 Å². The normalized spacial score (nSPS) is 13.6. The Morgan fingerprint density at radius 3 is 2.58 bits per heavy atom. The molecular formula is C19H27N3O3S. The SMILES string of the molecule is CNC[C@@H](O)CNC(=O)[C@H](CC(C)C)NC(=O)c1cc2ccccc2s1. The van der Waals surface area contributed by atoms with Gasteiger partial charge in [0, 0.05) is 17.8 Å². The van der Waals surface area contributed by atoms with Crippen molar-refractivity contribution in [1.29, 1.82) is 0 Å². The first-order chi connectivity index (χ1) is 12.4. The van der Waals surface area contributed by atoms with Crippen molar-refractivity contribution in [3.05, 3.63) is 35.2 Å². The molecule has 6 nitrogen and oxygen atoms in total. The number of hydrogen-bond donors (Lipinski definition) is 4. The average molecular weight is 378 g/mol. The first kappa shape index (κ1) is 20.4. The molecule has 1 aromatic heterocycles. The third-order valence-electron chi connectivity index (χ3n) is 3.93. The van der Waals surface area contributed by atoms with Crippen molar-refractivity contribution in [2.45, 2.75) is 32.4 Å². The zero-order valence-corrected chi connectivity index (χ0v) is 16.2. The second kappa shape index (κ2) is 9.66. The molecule has 0 aliphatic heterocycles. The lowest BCUT2D eigenvalue weighted by Crippen LogP contribution is -2.49. The number of carbonyl (C=O) groups excluding carboxylic acids is 2. The Kier molecular flexibility index (Phi) is 7.56. The van der Waals surface area contributed by atoms with Gasteiger partial charge >= 0.3 is 0 Å². The summed E-state index contributed by atoms with van der Waals surface area (Å²) in [4.78, 5) is 25.7. The van der Waals surface area contributed by atoms with E-state index in [9.17, 15) is 14.7 Å². The molecule has 7 heteroatoms. The van der Waals surface area contributed by atoms with Crippen LogP contribution in [0.3, 0.4) is 0 Å². The quantitative estimate of drug-likeness (QED) is 0.536. The molecule has 0 saturated heterocycles. The van der Waals surface area contributed by atoms with Gasteiger partial charge in [0.05, 0.1) is 11.0 Å². The van der Waals surface area contributed by atoms with Gasteiger partial charge in [0.1, 0.15) is 6.04 Å². The van der Waals surface area contributed by atoms with Crippen LogP contribution in [0.15, 0.2) is 30.3 Å². The Bertz CT molecular complexity index is 711. The van der Waals surface area contributed by atoms with Crippen LogP contribution < -0.4 is 16.0 Å². The van der Waals surface area contributed by atoms with Crippen molar-refractivity contribution in [3.63, 3.8) is 0 Å². The van der Waals surface area contributed by atoms with E-state index in [0.29, 0.717) is 17.8 Å². The highest BCUT2D eigenvalue weighted by molar-refractivity contribution is 7.20. The van der Waals surface area contributed by atoms with Crippen LogP contribution in [0.1, 0.15) is 29.9 Å². The fourth-order valence-corrected chi connectivity index (χ4v) is 3.64. The summed E-state index contributed by atoms with van der Waals surface area (Å²) in [6, 6.07) is 9.02. The van der Waals surface area contributed by atoms with E-state index < -0.39 is 12.1 Å². The molecule has 2 aromatic rings. The molecule has 0 radical (unpaired) electrons. The number of carbonyl (C=O) groups is 2. The number of likely N-dealkylation sites (N-methyl/N-ethyl adjacent to an activating group) is 1. The minimum atomic E-state index is -0.665. The number of amides is 2. The number of rotatable bonds is 9. The molecule has 0 aliphatic rings. The molecule has 1 heterocycles. The molecule has 0 aliphatic carbocycles. The van der Waals surface area contributed by atoms with E-state index in [1.165, 1.54) is 11.3 Å². The molecule has 26 heavy (non-hydrogen) atoms. The van der Waals surface area contributed by atoms with Crippen molar-refractivity contribution in [1.82, 2.24) is 16.0 Å². The minimum absolute atomic E-state index is 0.146. The highest BCUT2D eigenvalue weighted by Crippen LogP contribution is 2.25. The monoisotopic (exact) mass is 377 g/mol. The van der Waals surface area contributed by atoms with Crippen LogP contribution in [0.5, 0.6) is 0 Å². The van der Waals surface area contributed by atoms with Gasteiger partial charge in [-0.25, -0.2) is 0 Å². The Hall–Kier alpha value is -1.96. The number of hydrogen-bond acceptors (Lipinski definition) is 5. The van der Waals surface area contributed by atoms with E-state index in [1.54, 1.807) is 7.05 Å². The van der Waals surface area contributed by atoms with Gasteiger partial charge in [-0.1, -0.05) is 32.0 Å². The maximum Gasteiger partial charge on any atom is 0.262 e. The lowest BCUT2D eigenvalue weighted by molar-refractivity contribution is -0.123. The molecule has 2 atom stereocenters. The predicted octanol–water partition coefficient (Wildman–Crippen LogP) is 1.74. The number of thiophene rings is 1. The number of aliphatic hydroxyl groups excluding tert-OH is 1. The summed E-state index contributed by atoms with van der Waals surface area (Å²) in [6.07, 6.45) is -0.133. The molecule has 0 unspecified atom stereocenters. The molecule has 0 fully saturated rings. The van der Waals surface area contributed by atoms with Crippen molar-refractivity contribution in [3.8, 4) is 0 Å². The van der Waals surface area contributed by atoms with Crippen LogP contribution in [0.25, 0.3) is 10.1 Å². The first-order valence-corrected chi connectivity index (χ1v) is 9.62. The van der Waals surface area contributed by atoms with Crippen molar-refractivity contribution in [2.75, 3.05) is 20.1 Å². The molecule has 0 saturated carbocycles. The third-order valence-corrected chi connectivity index (χ3v) is 5.04. The van der Waals surface area contributed by atoms with E-state index in [2.05, 4.69) is 16.0 Å². The van der Waals surface area contributed by atoms with Gasteiger partial charge in [0.15, 0.2) is 0 Å². The molecule has 1 aromatic carbocycles. The lowest BCUT2D eigenvalue weighted by Gasteiger charge is -2.21. The van der Waals surface area contributed by atoms with Gasteiger partial charge in [-0.15, -0.1) is 11.3 Å². The summed E-state index contributed by atoms with van der Waals surface area (Å²) in [7, 11) is 1.73. The smallest absolute Gasteiger partial charge is 0.262 e. The number of nitrogens with one attached hydrogen (secondary N) is 3. The van der Waals surface area contributed by atoms with E-state index in [1.807, 2.05) is 44.2 Å². The van der Waals surface area contributed by atoms with Gasteiger partial charge in [0.2, 0.25) is 5.91 Å². The number of aliphatic hydroxyl groups is 1. The zero-order valence-electron chi connectivity index (χ0n) is 15.4. The van der Waals surface area contributed by atoms with E-state index in [0.717, 1.165) is 10.1 Å². The average Bonchev–Trinajstić information content (AvgIpc) is 3.03. The molecule has 2 rings (SSSR count). The van der Waals surface area contributed by atoms with Gasteiger partial charge in [-0.2, -0.15) is 0 Å². The summed E-state index contributed by atoms with van der Waals surface area (Å²) in [5.41, 5.74) is 0. The summed E-state index contributed by atoms with van der Waals surface area (Å²) in [5, 5.41) is 19.2. The number of benzene rings is 1. The van der Waals surface area contributed by atoms with E-state index in [4.69, 9.17) is 0 Å². The second-order valence-electron chi connectivity index (χ2n) is 6.76. The Morgan fingerprint density at radius 2 is 1.92 bits per heavy atom. The molecule has 142 valence electrons. The van der Waals surface area contributed by atoms with Crippen LogP contribution in [0.2, 0.25) is 0 Å². The molecule has 0 spiro atoms. The third kappa shape index (κ3) is 5.79. The second-order valence-corrected chi connectivity index (χ2v) is 7.84. The summed E-state index contributed by atoms with van der Waals surface area (Å²) >= 11 is 1.41. The summed E-state index contributed by atoms with van der Waals surface area (Å²) in [5.74, 6) is -0.276. The van der Waals surface area contributed by atoms with Gasteiger partial charge in [-0.05, 0) is 36.9 Å². The van der Waals surface area contributed by atoms with E-state index in [-0.39, 0.29) is 24.3 Å². The van der Waals surface area contributed by atoms with Gasteiger partial charge < -0.3 is 21.1 Å². The molecule has 0 bridgehead atoms. The molecule has 4 N–H and O–H groups in total. The molecular weight excluding hydrogens is 350 g/mol. The van der Waals surface area contributed by atoms with Crippen LogP contribution in [0.4, 0.5) is 0 Å². The van der Waals surface area contributed by atoms with E-state index >= 15 is 0 Å². The van der Waals surface area contributed by atoms with Gasteiger partial charge in [-0.3, -0.25) is 9.59 Å². The van der Waals surface area contributed by atoms with Gasteiger partial charge in [0.25, 0.3) is 5.91 Å². The lowest BCUT2D eigenvalue weighted by atomic mass is 10.0. The largest absolute Gasteiger partial charge is 0.390 e. The molecule has 2 amide bonds.